The lowest BCUT2D eigenvalue weighted by Gasteiger charge is -2.64. The molecule has 1 nitrogen and oxygen atoms in total. The smallest absolute Gasteiger partial charge is 0.162 e. The lowest BCUT2D eigenvalue weighted by atomic mass is 9.39. The van der Waals surface area contributed by atoms with Crippen molar-refractivity contribution in [2.45, 2.75) is 47.0 Å². The van der Waals surface area contributed by atoms with E-state index in [2.05, 4.69) is 33.8 Å². The number of allylic oxidation sites excluding steroid dienone is 2. The summed E-state index contributed by atoms with van der Waals surface area (Å²) in [5.74, 6) is 1.95. The normalized spacial score (nSPS) is 53.1. The fourth-order valence-corrected chi connectivity index (χ4v) is 4.72. The van der Waals surface area contributed by atoms with Crippen LogP contribution in [0.25, 0.3) is 0 Å². The van der Waals surface area contributed by atoms with E-state index in [1.165, 1.54) is 12.8 Å². The Labute approximate surface area is 98.3 Å². The standard InChI is InChI=1S/C15H22O/c1-13(2)9-11-10(13)5-7-15(4)12(16)6-8-14(11,15)3/h6,8,10-11H,5,7,9H2,1-4H3/t10-,11+,14+,15+/m1/s1. The van der Waals surface area contributed by atoms with Crippen LogP contribution in [0.1, 0.15) is 47.0 Å². The van der Waals surface area contributed by atoms with Crippen molar-refractivity contribution in [2.24, 2.45) is 28.1 Å². The fraction of sp³-hybridized carbons (Fsp3) is 0.800. The summed E-state index contributed by atoms with van der Waals surface area (Å²) < 4.78 is 0. The highest BCUT2D eigenvalue weighted by Gasteiger charge is 2.65. The molecule has 0 unspecified atom stereocenters. The van der Waals surface area contributed by atoms with Gasteiger partial charge in [-0.1, -0.05) is 33.8 Å². The Morgan fingerprint density at radius 2 is 1.88 bits per heavy atom. The molecule has 0 aliphatic heterocycles. The summed E-state index contributed by atoms with van der Waals surface area (Å²) in [6.45, 7) is 9.29. The molecule has 0 bridgehead atoms. The first-order chi connectivity index (χ1) is 7.31. The first-order valence-corrected chi connectivity index (χ1v) is 6.55. The summed E-state index contributed by atoms with van der Waals surface area (Å²) in [5.41, 5.74) is 0.557. The molecule has 0 radical (unpaired) electrons. The van der Waals surface area contributed by atoms with Gasteiger partial charge in [-0.2, -0.15) is 0 Å². The maximum absolute atomic E-state index is 12.1. The molecule has 2 saturated carbocycles. The SMILES string of the molecule is CC1(C)C[C@H]2[C@H]1CC[C@@]1(C)C(=O)C=C[C@@]21C. The molecule has 88 valence electrons. The Balaban J connectivity index is 2.01. The summed E-state index contributed by atoms with van der Waals surface area (Å²) in [5, 5.41) is 0. The Morgan fingerprint density at radius 1 is 1.19 bits per heavy atom. The topological polar surface area (TPSA) is 17.1 Å². The third kappa shape index (κ3) is 0.919. The van der Waals surface area contributed by atoms with Crippen molar-refractivity contribution in [3.8, 4) is 0 Å². The number of carbonyl (C=O) groups excluding carboxylic acids is 1. The highest BCUT2D eigenvalue weighted by molar-refractivity contribution is 5.98. The molecule has 4 atom stereocenters. The second-order valence-electron chi connectivity index (χ2n) is 7.26. The molecular weight excluding hydrogens is 196 g/mol. The van der Waals surface area contributed by atoms with Crippen LogP contribution in [0.4, 0.5) is 0 Å². The second kappa shape index (κ2) is 2.63. The molecular formula is C15H22O. The summed E-state index contributed by atoms with van der Waals surface area (Å²) in [7, 11) is 0. The third-order valence-electron chi connectivity index (χ3n) is 6.27. The Morgan fingerprint density at radius 3 is 2.50 bits per heavy atom. The molecule has 16 heavy (non-hydrogen) atoms. The second-order valence-corrected chi connectivity index (χ2v) is 7.26. The number of fused-ring (bicyclic) bond motifs is 3. The Bertz CT molecular complexity index is 392. The molecule has 0 aromatic rings. The highest BCUT2D eigenvalue weighted by Crippen LogP contribution is 2.70. The van der Waals surface area contributed by atoms with Crippen LogP contribution in [0.5, 0.6) is 0 Å². The van der Waals surface area contributed by atoms with E-state index in [-0.39, 0.29) is 10.8 Å². The zero-order valence-electron chi connectivity index (χ0n) is 10.8. The minimum absolute atomic E-state index is 0.0926. The van der Waals surface area contributed by atoms with Gasteiger partial charge in [-0.3, -0.25) is 4.79 Å². The number of carbonyl (C=O) groups is 1. The van der Waals surface area contributed by atoms with Crippen LogP contribution in [0.2, 0.25) is 0 Å². The van der Waals surface area contributed by atoms with Crippen molar-refractivity contribution in [3.63, 3.8) is 0 Å². The van der Waals surface area contributed by atoms with E-state index in [9.17, 15) is 4.79 Å². The van der Waals surface area contributed by atoms with Crippen LogP contribution in [0.3, 0.4) is 0 Å². The van der Waals surface area contributed by atoms with Crippen LogP contribution >= 0.6 is 0 Å². The first kappa shape index (κ1) is 10.6. The Hall–Kier alpha value is -0.590. The van der Waals surface area contributed by atoms with Gasteiger partial charge in [0.15, 0.2) is 5.78 Å². The lowest BCUT2D eigenvalue weighted by molar-refractivity contribution is -0.164. The molecule has 1 heteroatoms. The van der Waals surface area contributed by atoms with Crippen LogP contribution in [-0.2, 0) is 4.79 Å². The van der Waals surface area contributed by atoms with E-state index >= 15 is 0 Å². The van der Waals surface area contributed by atoms with Gasteiger partial charge < -0.3 is 0 Å². The van der Waals surface area contributed by atoms with E-state index in [1.54, 1.807) is 0 Å². The van der Waals surface area contributed by atoms with Crippen LogP contribution in [-0.4, -0.2) is 5.78 Å². The minimum Gasteiger partial charge on any atom is -0.294 e. The van der Waals surface area contributed by atoms with Gasteiger partial charge in [-0.25, -0.2) is 0 Å². The summed E-state index contributed by atoms with van der Waals surface area (Å²) in [6, 6.07) is 0. The van der Waals surface area contributed by atoms with Gasteiger partial charge in [0.25, 0.3) is 0 Å². The van der Waals surface area contributed by atoms with E-state index in [1.807, 2.05) is 6.08 Å². The average molecular weight is 218 g/mol. The van der Waals surface area contributed by atoms with E-state index < -0.39 is 0 Å². The minimum atomic E-state index is -0.0926. The van der Waals surface area contributed by atoms with Gasteiger partial charge in [0, 0.05) is 10.8 Å². The lowest BCUT2D eigenvalue weighted by Crippen LogP contribution is -2.59. The predicted octanol–water partition coefficient (Wildman–Crippen LogP) is 3.59. The van der Waals surface area contributed by atoms with Gasteiger partial charge in [0.1, 0.15) is 0 Å². The largest absolute Gasteiger partial charge is 0.294 e. The molecule has 3 rings (SSSR count). The van der Waals surface area contributed by atoms with E-state index in [0.29, 0.717) is 11.2 Å². The fourth-order valence-electron chi connectivity index (χ4n) is 4.72. The zero-order chi connectivity index (χ0) is 11.8. The monoisotopic (exact) mass is 218 g/mol. The summed E-state index contributed by atoms with van der Waals surface area (Å²) in [4.78, 5) is 12.1. The molecule has 0 N–H and O–H groups in total. The van der Waals surface area contributed by atoms with Gasteiger partial charge >= 0.3 is 0 Å². The quantitative estimate of drug-likeness (QED) is 0.607. The van der Waals surface area contributed by atoms with Crippen molar-refractivity contribution in [1.82, 2.24) is 0 Å². The van der Waals surface area contributed by atoms with Gasteiger partial charge in [0.05, 0.1) is 0 Å². The van der Waals surface area contributed by atoms with Crippen LogP contribution in [0.15, 0.2) is 12.2 Å². The van der Waals surface area contributed by atoms with Gasteiger partial charge in [-0.15, -0.1) is 0 Å². The average Bonchev–Trinajstić information content (AvgIpc) is 2.41. The predicted molar refractivity (Wildman–Crippen MR) is 65.0 cm³/mol. The van der Waals surface area contributed by atoms with Crippen molar-refractivity contribution in [2.75, 3.05) is 0 Å². The molecule has 2 fully saturated rings. The van der Waals surface area contributed by atoms with Crippen molar-refractivity contribution in [3.05, 3.63) is 12.2 Å². The molecule has 3 aliphatic rings. The molecule has 0 amide bonds. The van der Waals surface area contributed by atoms with Crippen LogP contribution in [0, 0.1) is 28.1 Å². The molecule has 0 aromatic heterocycles. The van der Waals surface area contributed by atoms with E-state index in [0.717, 1.165) is 18.3 Å². The third-order valence-corrected chi connectivity index (χ3v) is 6.27. The van der Waals surface area contributed by atoms with Crippen LogP contribution < -0.4 is 0 Å². The van der Waals surface area contributed by atoms with Crippen molar-refractivity contribution >= 4 is 5.78 Å². The van der Waals surface area contributed by atoms with Crippen molar-refractivity contribution in [1.29, 1.82) is 0 Å². The number of ketones is 1. The van der Waals surface area contributed by atoms with Gasteiger partial charge in [0.2, 0.25) is 0 Å². The summed E-state index contributed by atoms with van der Waals surface area (Å²) >= 11 is 0. The number of rotatable bonds is 0. The highest BCUT2D eigenvalue weighted by atomic mass is 16.1. The molecule has 0 saturated heterocycles. The van der Waals surface area contributed by atoms with E-state index in [4.69, 9.17) is 0 Å². The first-order valence-electron chi connectivity index (χ1n) is 6.55. The molecule has 0 spiro atoms. The number of hydrogen-bond donors (Lipinski definition) is 0. The van der Waals surface area contributed by atoms with Gasteiger partial charge in [-0.05, 0) is 42.6 Å². The van der Waals surface area contributed by atoms with Crippen molar-refractivity contribution < 1.29 is 4.79 Å². The number of hydrogen-bond acceptors (Lipinski definition) is 1. The molecule has 0 heterocycles. The maximum Gasteiger partial charge on any atom is 0.162 e. The zero-order valence-corrected chi connectivity index (χ0v) is 10.8. The Kier molecular flexibility index (Phi) is 1.73. The molecule has 0 aromatic carbocycles. The summed E-state index contributed by atoms with van der Waals surface area (Å²) in [6.07, 6.45) is 7.70. The maximum atomic E-state index is 12.1. The molecule has 3 aliphatic carbocycles.